The maximum Gasteiger partial charge on any atom is 0.333 e. The monoisotopic (exact) mass is 498 g/mol. The Balaban J connectivity index is 1.68. The number of rotatable bonds is 5. The van der Waals surface area contributed by atoms with Gasteiger partial charge >= 0.3 is 5.97 Å². The first kappa shape index (κ1) is 27.3. The number of ketones is 2. The first-order valence-corrected chi connectivity index (χ1v) is 13.9. The second-order valence-electron chi connectivity index (χ2n) is 13.6. The van der Waals surface area contributed by atoms with Crippen LogP contribution in [-0.4, -0.2) is 35.9 Å². The van der Waals surface area contributed by atoms with Crippen LogP contribution in [-0.2, 0) is 19.1 Å². The fourth-order valence-electron chi connectivity index (χ4n) is 9.21. The molecule has 1 N–H and O–H groups in total. The Hall–Kier alpha value is -1.75. The molecular weight excluding hydrogens is 452 g/mol. The quantitative estimate of drug-likeness (QED) is 0.372. The second kappa shape index (κ2) is 8.92. The molecule has 4 aliphatic carbocycles. The van der Waals surface area contributed by atoms with Crippen LogP contribution in [0, 0.1) is 39.4 Å². The molecule has 1 unspecified atom stereocenters. The number of esters is 1. The Morgan fingerprint density at radius 1 is 1.17 bits per heavy atom. The number of hydrogen-bond acceptors (Lipinski definition) is 5. The van der Waals surface area contributed by atoms with Crippen LogP contribution in [0.5, 0.6) is 0 Å². The van der Waals surface area contributed by atoms with Crippen LogP contribution in [0.15, 0.2) is 22.8 Å². The molecular formula is C31H46O5. The highest BCUT2D eigenvalue weighted by molar-refractivity contribution is 6.01. The number of carbonyl (C=O) groups excluding carboxylic acids is 3. The van der Waals surface area contributed by atoms with Crippen LogP contribution in [0.4, 0.5) is 0 Å². The van der Waals surface area contributed by atoms with Crippen LogP contribution in [0.25, 0.3) is 0 Å². The third-order valence-corrected chi connectivity index (χ3v) is 11.6. The number of hydrogen-bond donors (Lipinski definition) is 1. The van der Waals surface area contributed by atoms with Gasteiger partial charge in [0.2, 0.25) is 0 Å². The lowest BCUT2D eigenvalue weighted by atomic mass is 9.42. The summed E-state index contributed by atoms with van der Waals surface area (Å²) in [5.41, 5.74) is 1.20. The number of allylic oxidation sites excluding steroid dienone is 2. The summed E-state index contributed by atoms with van der Waals surface area (Å²) < 4.78 is 4.82. The Kier molecular flexibility index (Phi) is 6.76. The lowest BCUT2D eigenvalue weighted by Gasteiger charge is -2.61. The largest absolute Gasteiger partial charge is 0.466 e. The third kappa shape index (κ3) is 3.70. The molecule has 200 valence electrons. The van der Waals surface area contributed by atoms with Gasteiger partial charge in [0.05, 0.1) is 13.2 Å². The number of ether oxygens (including phenoxy) is 1. The number of fused-ring (bicyclic) bond motifs is 4. The normalized spacial score (nSPS) is 40.9. The topological polar surface area (TPSA) is 80.7 Å². The van der Waals surface area contributed by atoms with E-state index in [9.17, 15) is 19.5 Å². The molecule has 0 aliphatic heterocycles. The van der Waals surface area contributed by atoms with Gasteiger partial charge in [-0.3, -0.25) is 9.59 Å². The van der Waals surface area contributed by atoms with Gasteiger partial charge in [-0.15, -0.1) is 0 Å². The molecule has 0 spiro atoms. The summed E-state index contributed by atoms with van der Waals surface area (Å²) in [7, 11) is 1.40. The third-order valence-electron chi connectivity index (χ3n) is 11.6. The van der Waals surface area contributed by atoms with E-state index in [-0.39, 0.29) is 39.7 Å². The van der Waals surface area contributed by atoms with Crippen molar-refractivity contribution in [2.45, 2.75) is 106 Å². The van der Waals surface area contributed by atoms with Gasteiger partial charge in [-0.2, -0.15) is 0 Å². The summed E-state index contributed by atoms with van der Waals surface area (Å²) in [6.45, 7) is 14.9. The summed E-state index contributed by atoms with van der Waals surface area (Å²) in [6.07, 6.45) is 7.39. The molecule has 36 heavy (non-hydrogen) atoms. The second-order valence-corrected chi connectivity index (χ2v) is 13.6. The summed E-state index contributed by atoms with van der Waals surface area (Å²) in [5.74, 6) is 0.859. The number of aliphatic hydroxyl groups excluding tert-OH is 1. The van der Waals surface area contributed by atoms with E-state index in [1.807, 2.05) is 19.9 Å². The highest BCUT2D eigenvalue weighted by Crippen LogP contribution is 2.71. The van der Waals surface area contributed by atoms with Gasteiger partial charge in [-0.05, 0) is 79.6 Å². The molecule has 0 heterocycles. The average Bonchev–Trinajstić information content (AvgIpc) is 3.08. The molecule has 0 saturated heterocycles. The molecule has 7 atom stereocenters. The zero-order valence-electron chi connectivity index (χ0n) is 23.6. The van der Waals surface area contributed by atoms with E-state index in [4.69, 9.17) is 4.74 Å². The van der Waals surface area contributed by atoms with Crippen molar-refractivity contribution in [3.63, 3.8) is 0 Å². The fraction of sp³-hybridized carbons (Fsp3) is 0.774. The maximum atomic E-state index is 13.9. The predicted molar refractivity (Wildman–Crippen MR) is 140 cm³/mol. The average molecular weight is 499 g/mol. The van der Waals surface area contributed by atoms with E-state index >= 15 is 0 Å². The molecule has 2 fully saturated rings. The van der Waals surface area contributed by atoms with Crippen LogP contribution < -0.4 is 0 Å². The first-order chi connectivity index (χ1) is 16.6. The molecule has 0 bridgehead atoms. The minimum absolute atomic E-state index is 0.0546. The SMILES string of the molecule is COC(=O)/C(C)=C/CC[C@@H](C)[C@H]1CC[C@@]2(C)C3=C([C@H](O)C[C@]12C)[C@@]1(C)CCC(=O)C(C)(C)C1CC3=O. The van der Waals surface area contributed by atoms with Crippen molar-refractivity contribution in [1.82, 2.24) is 0 Å². The Bertz CT molecular complexity index is 1030. The lowest BCUT2D eigenvalue weighted by Crippen LogP contribution is -2.59. The smallest absolute Gasteiger partial charge is 0.333 e. The van der Waals surface area contributed by atoms with Crippen molar-refractivity contribution in [2.75, 3.05) is 7.11 Å². The van der Waals surface area contributed by atoms with Crippen molar-refractivity contribution in [2.24, 2.45) is 39.4 Å². The number of aliphatic hydroxyl groups is 1. The van der Waals surface area contributed by atoms with Crippen molar-refractivity contribution >= 4 is 17.5 Å². The lowest BCUT2D eigenvalue weighted by molar-refractivity contribution is -0.144. The van der Waals surface area contributed by atoms with E-state index in [0.29, 0.717) is 36.7 Å². The van der Waals surface area contributed by atoms with Crippen LogP contribution >= 0.6 is 0 Å². The molecule has 0 aromatic carbocycles. The van der Waals surface area contributed by atoms with E-state index in [1.54, 1.807) is 6.92 Å². The molecule has 0 radical (unpaired) electrons. The Labute approximate surface area is 217 Å². The van der Waals surface area contributed by atoms with E-state index < -0.39 is 11.5 Å². The van der Waals surface area contributed by atoms with Crippen LogP contribution in [0.3, 0.4) is 0 Å². The van der Waals surface area contributed by atoms with Crippen molar-refractivity contribution in [3.8, 4) is 0 Å². The summed E-state index contributed by atoms with van der Waals surface area (Å²) in [6, 6.07) is 0. The van der Waals surface area contributed by atoms with Gasteiger partial charge < -0.3 is 9.84 Å². The molecule has 5 heteroatoms. The van der Waals surface area contributed by atoms with Gasteiger partial charge in [-0.25, -0.2) is 4.79 Å². The Morgan fingerprint density at radius 3 is 2.47 bits per heavy atom. The standard InChI is InChI=1S/C31H46O5/c1-18(10-9-11-19(2)27(35)36-8)20-12-15-30(6)26-21(32)16-23-28(3,4)24(34)13-14-29(23,5)25(26)22(33)17-31(20,30)7/h11,18,20,22-23,33H,9-10,12-17H2,1-8H3/b19-11+/t18-,20-,22-,23?,29+,30+,31-/m1/s1. The van der Waals surface area contributed by atoms with Gasteiger partial charge in [0.1, 0.15) is 5.78 Å². The maximum absolute atomic E-state index is 13.9. The van der Waals surface area contributed by atoms with Crippen molar-refractivity contribution in [1.29, 1.82) is 0 Å². The van der Waals surface area contributed by atoms with E-state index in [1.165, 1.54) is 7.11 Å². The highest BCUT2D eigenvalue weighted by Gasteiger charge is 2.67. The summed E-state index contributed by atoms with van der Waals surface area (Å²) >= 11 is 0. The van der Waals surface area contributed by atoms with E-state index in [2.05, 4.69) is 27.7 Å². The summed E-state index contributed by atoms with van der Waals surface area (Å²) in [5, 5.41) is 11.8. The highest BCUT2D eigenvalue weighted by atomic mass is 16.5. The number of carbonyl (C=O) groups is 3. The molecule has 0 aromatic rings. The molecule has 2 saturated carbocycles. The minimum atomic E-state index is -0.645. The molecule has 5 nitrogen and oxygen atoms in total. The predicted octanol–water partition coefficient (Wildman–Crippen LogP) is 5.99. The van der Waals surface area contributed by atoms with E-state index in [0.717, 1.165) is 43.3 Å². The van der Waals surface area contributed by atoms with Gasteiger partial charge in [-0.1, -0.05) is 47.6 Å². The molecule has 0 aromatic heterocycles. The number of Topliss-reactive ketones (excluding diaryl/α,β-unsaturated/α-hetero) is 2. The Morgan fingerprint density at radius 2 is 1.83 bits per heavy atom. The fourth-order valence-corrected chi connectivity index (χ4v) is 9.21. The molecule has 4 rings (SSSR count). The van der Waals surface area contributed by atoms with Gasteiger partial charge in [0.15, 0.2) is 5.78 Å². The minimum Gasteiger partial charge on any atom is -0.466 e. The van der Waals surface area contributed by atoms with Gasteiger partial charge in [0.25, 0.3) is 0 Å². The van der Waals surface area contributed by atoms with Crippen LogP contribution in [0.1, 0.15) is 99.8 Å². The van der Waals surface area contributed by atoms with Crippen molar-refractivity contribution in [3.05, 3.63) is 22.8 Å². The first-order valence-electron chi connectivity index (χ1n) is 13.9. The molecule has 0 amide bonds. The summed E-state index contributed by atoms with van der Waals surface area (Å²) in [4.78, 5) is 38.5. The zero-order chi connectivity index (χ0) is 26.8. The number of methoxy groups -OCH3 is 1. The zero-order valence-corrected chi connectivity index (χ0v) is 23.6. The molecule has 4 aliphatic rings. The van der Waals surface area contributed by atoms with Crippen molar-refractivity contribution < 1.29 is 24.2 Å². The van der Waals surface area contributed by atoms with Crippen LogP contribution in [0.2, 0.25) is 0 Å². The van der Waals surface area contributed by atoms with Gasteiger partial charge in [0, 0.05) is 34.8 Å².